The molecule has 8 nitrogen and oxygen atoms in total. The molecule has 4 aromatic rings. The van der Waals surface area contributed by atoms with Crippen molar-refractivity contribution in [1.29, 1.82) is 0 Å². The summed E-state index contributed by atoms with van der Waals surface area (Å²) in [4.78, 5) is 26.2. The lowest BCUT2D eigenvalue weighted by molar-refractivity contribution is 0.102. The van der Waals surface area contributed by atoms with Crippen molar-refractivity contribution in [3.63, 3.8) is 0 Å². The van der Waals surface area contributed by atoms with E-state index in [1.165, 1.54) is 0 Å². The predicted molar refractivity (Wildman–Crippen MR) is 144 cm³/mol. The SMILES string of the molecule is CN1CCN(c2cnc([S+]([O-])c3cccc(NC(=O)c4ccccc4)c3)cc2Oc2ccncc2)CC1. The van der Waals surface area contributed by atoms with Gasteiger partial charge < -0.3 is 24.4 Å². The number of pyridine rings is 2. The van der Waals surface area contributed by atoms with Crippen molar-refractivity contribution in [2.45, 2.75) is 9.92 Å². The number of hydrogen-bond donors (Lipinski definition) is 1. The minimum Gasteiger partial charge on any atom is -0.605 e. The van der Waals surface area contributed by atoms with E-state index in [0.29, 0.717) is 32.7 Å². The molecule has 9 heteroatoms. The van der Waals surface area contributed by atoms with Gasteiger partial charge in [0.1, 0.15) is 5.75 Å². The summed E-state index contributed by atoms with van der Waals surface area (Å²) in [7, 11) is 2.10. The average molecular weight is 514 g/mol. The van der Waals surface area contributed by atoms with E-state index in [0.717, 1.165) is 31.9 Å². The first kappa shape index (κ1) is 24.8. The van der Waals surface area contributed by atoms with Crippen molar-refractivity contribution < 1.29 is 14.1 Å². The van der Waals surface area contributed by atoms with Crippen LogP contribution >= 0.6 is 0 Å². The van der Waals surface area contributed by atoms with Crippen molar-refractivity contribution in [3.8, 4) is 11.5 Å². The Kier molecular flexibility index (Phi) is 7.65. The van der Waals surface area contributed by atoms with E-state index in [-0.39, 0.29) is 5.91 Å². The topological polar surface area (TPSA) is 93.7 Å². The van der Waals surface area contributed by atoms with Crippen LogP contribution in [0.5, 0.6) is 11.5 Å². The summed E-state index contributed by atoms with van der Waals surface area (Å²) in [6.07, 6.45) is 5.07. The second-order valence-electron chi connectivity index (χ2n) is 8.68. The second kappa shape index (κ2) is 11.4. The summed E-state index contributed by atoms with van der Waals surface area (Å²) in [6, 6.07) is 21.3. The first-order chi connectivity index (χ1) is 18.1. The van der Waals surface area contributed by atoms with E-state index in [1.54, 1.807) is 73.2 Å². The van der Waals surface area contributed by atoms with Gasteiger partial charge in [0, 0.05) is 67.1 Å². The Morgan fingerprint density at radius 3 is 2.49 bits per heavy atom. The Hall–Kier alpha value is -3.92. The third kappa shape index (κ3) is 6.08. The molecule has 1 saturated heterocycles. The molecule has 1 fully saturated rings. The van der Waals surface area contributed by atoms with Gasteiger partial charge in [0.15, 0.2) is 10.6 Å². The number of amides is 1. The van der Waals surface area contributed by atoms with Gasteiger partial charge in [-0.2, -0.15) is 0 Å². The zero-order chi connectivity index (χ0) is 25.6. The van der Waals surface area contributed by atoms with Gasteiger partial charge in [-0.05, 0) is 43.4 Å². The normalized spacial score (nSPS) is 14.7. The molecule has 1 amide bonds. The fraction of sp³-hybridized carbons (Fsp3) is 0.179. The lowest BCUT2D eigenvalue weighted by Crippen LogP contribution is -2.44. The highest BCUT2D eigenvalue weighted by Gasteiger charge is 2.24. The molecule has 2 aromatic carbocycles. The van der Waals surface area contributed by atoms with Gasteiger partial charge in [0.2, 0.25) is 0 Å². The third-order valence-electron chi connectivity index (χ3n) is 6.07. The van der Waals surface area contributed by atoms with E-state index >= 15 is 0 Å². The first-order valence-electron chi connectivity index (χ1n) is 12.0. The van der Waals surface area contributed by atoms with Crippen LogP contribution in [0, 0.1) is 0 Å². The minimum atomic E-state index is -1.59. The number of nitrogens with one attached hydrogen (secondary N) is 1. The fourth-order valence-corrected chi connectivity index (χ4v) is 5.06. The molecule has 0 spiro atoms. The van der Waals surface area contributed by atoms with Crippen molar-refractivity contribution >= 4 is 28.5 Å². The van der Waals surface area contributed by atoms with Gasteiger partial charge >= 0.3 is 0 Å². The maximum Gasteiger partial charge on any atom is 0.255 e. The van der Waals surface area contributed by atoms with Crippen LogP contribution in [0.1, 0.15) is 10.4 Å². The highest BCUT2D eigenvalue weighted by Crippen LogP contribution is 2.35. The van der Waals surface area contributed by atoms with Gasteiger partial charge in [-0.1, -0.05) is 24.3 Å². The lowest BCUT2D eigenvalue weighted by atomic mass is 10.2. The number of carbonyl (C=O) groups excluding carboxylic acids is 1. The smallest absolute Gasteiger partial charge is 0.255 e. The Morgan fingerprint density at radius 1 is 0.973 bits per heavy atom. The number of aromatic nitrogens is 2. The molecule has 1 atom stereocenters. The third-order valence-corrected chi connectivity index (χ3v) is 7.36. The monoisotopic (exact) mass is 513 g/mol. The molecule has 0 aliphatic carbocycles. The number of ether oxygens (including phenoxy) is 1. The lowest BCUT2D eigenvalue weighted by Gasteiger charge is -2.34. The number of benzene rings is 2. The van der Waals surface area contributed by atoms with Gasteiger partial charge in [-0.3, -0.25) is 9.78 Å². The summed E-state index contributed by atoms with van der Waals surface area (Å²) in [5.74, 6) is 0.993. The molecular weight excluding hydrogens is 486 g/mol. The highest BCUT2D eigenvalue weighted by atomic mass is 32.2. The van der Waals surface area contributed by atoms with Crippen LogP contribution in [0.15, 0.2) is 101 Å². The van der Waals surface area contributed by atoms with E-state index in [2.05, 4.69) is 32.1 Å². The standard InChI is InChI=1S/C28H27N5O3S/c1-32-14-16-33(17-15-32)25-20-30-27(19-26(25)36-23-10-12-29-13-11-23)37(35)24-9-5-8-22(18-24)31-28(34)21-6-3-2-4-7-21/h2-13,18-20H,14-17H2,1H3,(H,31,34). The van der Waals surface area contributed by atoms with Crippen molar-refractivity contribution in [2.24, 2.45) is 0 Å². The molecule has 2 aromatic heterocycles. The zero-order valence-corrected chi connectivity index (χ0v) is 21.2. The van der Waals surface area contributed by atoms with E-state index < -0.39 is 11.2 Å². The van der Waals surface area contributed by atoms with E-state index in [1.807, 2.05) is 18.2 Å². The summed E-state index contributed by atoms with van der Waals surface area (Å²) in [6.45, 7) is 3.56. The molecule has 1 N–H and O–H groups in total. The number of rotatable bonds is 7. The second-order valence-corrected chi connectivity index (χ2v) is 10.1. The number of likely N-dealkylation sites (N-methyl/N-ethyl adjacent to an activating group) is 1. The summed E-state index contributed by atoms with van der Waals surface area (Å²) < 4.78 is 19.8. The molecule has 0 radical (unpaired) electrons. The van der Waals surface area contributed by atoms with E-state index in [9.17, 15) is 9.35 Å². The first-order valence-corrected chi connectivity index (χ1v) is 13.1. The Labute approximate surface area is 219 Å². The van der Waals surface area contributed by atoms with Crippen LogP contribution in [-0.2, 0) is 11.2 Å². The average Bonchev–Trinajstić information content (AvgIpc) is 2.94. The molecule has 37 heavy (non-hydrogen) atoms. The maximum atomic E-state index is 13.5. The summed E-state index contributed by atoms with van der Waals surface area (Å²) in [5, 5.41) is 3.24. The molecule has 5 rings (SSSR count). The number of piperazine rings is 1. The molecule has 3 heterocycles. The quantitative estimate of drug-likeness (QED) is 0.365. The highest BCUT2D eigenvalue weighted by molar-refractivity contribution is 7.91. The molecule has 0 bridgehead atoms. The van der Waals surface area contributed by atoms with Crippen LogP contribution in [0.25, 0.3) is 0 Å². The van der Waals surface area contributed by atoms with Gasteiger partial charge in [0.25, 0.3) is 10.9 Å². The molecule has 0 saturated carbocycles. The van der Waals surface area contributed by atoms with Crippen molar-refractivity contribution in [3.05, 3.63) is 97.0 Å². The van der Waals surface area contributed by atoms with Crippen LogP contribution in [0.2, 0.25) is 0 Å². The Morgan fingerprint density at radius 2 is 1.73 bits per heavy atom. The van der Waals surface area contributed by atoms with Crippen LogP contribution in [0.3, 0.4) is 0 Å². The Balaban J connectivity index is 1.40. The zero-order valence-electron chi connectivity index (χ0n) is 20.4. The molecule has 1 unspecified atom stereocenters. The molecule has 188 valence electrons. The number of hydrogen-bond acceptors (Lipinski definition) is 7. The van der Waals surface area contributed by atoms with Gasteiger partial charge in [-0.25, -0.2) is 4.98 Å². The van der Waals surface area contributed by atoms with Gasteiger partial charge in [0.05, 0.1) is 18.0 Å². The number of carbonyl (C=O) groups is 1. The van der Waals surface area contributed by atoms with Crippen molar-refractivity contribution in [2.75, 3.05) is 43.4 Å². The van der Waals surface area contributed by atoms with Crippen molar-refractivity contribution in [1.82, 2.24) is 14.9 Å². The largest absolute Gasteiger partial charge is 0.605 e. The van der Waals surface area contributed by atoms with Crippen LogP contribution < -0.4 is 15.0 Å². The fourth-order valence-electron chi connectivity index (χ4n) is 4.02. The number of anilines is 2. The van der Waals surface area contributed by atoms with Gasteiger partial charge in [-0.15, -0.1) is 0 Å². The van der Waals surface area contributed by atoms with Crippen LogP contribution in [0.4, 0.5) is 11.4 Å². The predicted octanol–water partition coefficient (Wildman–Crippen LogP) is 4.44. The maximum absolute atomic E-state index is 13.5. The van der Waals surface area contributed by atoms with Crippen LogP contribution in [-0.4, -0.2) is 58.6 Å². The molecule has 1 aliphatic rings. The Bertz CT molecular complexity index is 1350. The molecular formula is C28H27N5O3S. The molecule has 1 aliphatic heterocycles. The summed E-state index contributed by atoms with van der Waals surface area (Å²) in [5.41, 5.74) is 1.96. The minimum absolute atomic E-state index is 0.230. The van der Waals surface area contributed by atoms with E-state index in [4.69, 9.17) is 4.74 Å². The number of nitrogens with zero attached hydrogens (tertiary/aromatic N) is 4. The summed E-state index contributed by atoms with van der Waals surface area (Å²) >= 11 is -1.59.